The fourth-order valence-electron chi connectivity index (χ4n) is 2.41. The van der Waals surface area contributed by atoms with Crippen molar-refractivity contribution in [1.82, 2.24) is 4.98 Å². The Balaban J connectivity index is 2.05. The molecule has 1 atom stereocenters. The first-order chi connectivity index (χ1) is 12.1. The van der Waals surface area contributed by atoms with Crippen molar-refractivity contribution in [3.8, 4) is 0 Å². The Morgan fingerprint density at radius 1 is 1.20 bits per heavy atom. The summed E-state index contributed by atoms with van der Waals surface area (Å²) in [5.74, 6) is 4.05. The molecule has 0 radical (unpaired) electrons. The van der Waals surface area contributed by atoms with Gasteiger partial charge in [0.05, 0.1) is 23.6 Å². The lowest BCUT2D eigenvalue weighted by Gasteiger charge is -2.08. The molecule has 0 fully saturated rings. The molecular weight excluding hydrogens is 310 g/mol. The number of hydrogen-bond donors (Lipinski definition) is 0. The van der Waals surface area contributed by atoms with Crippen molar-refractivity contribution in [2.45, 2.75) is 19.9 Å². The predicted molar refractivity (Wildman–Crippen MR) is 104 cm³/mol. The minimum absolute atomic E-state index is 0.0843. The van der Waals surface area contributed by atoms with Crippen LogP contribution in [0.4, 0.5) is 0 Å². The highest BCUT2D eigenvalue weighted by molar-refractivity contribution is 5.87. The van der Waals surface area contributed by atoms with Gasteiger partial charge < -0.3 is 4.74 Å². The molecule has 0 N–H and O–H groups in total. The number of ether oxygens (including phenoxy) is 1. The second-order valence-corrected chi connectivity index (χ2v) is 5.74. The lowest BCUT2D eigenvalue weighted by molar-refractivity contribution is 0.335. The molecule has 0 saturated heterocycles. The van der Waals surface area contributed by atoms with E-state index in [0.29, 0.717) is 11.5 Å². The summed E-state index contributed by atoms with van der Waals surface area (Å²) in [4.78, 5) is 13.4. The van der Waals surface area contributed by atoms with Gasteiger partial charge in [-0.05, 0) is 43.3 Å². The first kappa shape index (κ1) is 16.6. The van der Waals surface area contributed by atoms with Gasteiger partial charge in [0.1, 0.15) is 11.5 Å². The average molecular weight is 329 g/mol. The van der Waals surface area contributed by atoms with Crippen molar-refractivity contribution in [2.24, 2.45) is 9.98 Å². The Labute approximate surface area is 147 Å². The van der Waals surface area contributed by atoms with Crippen molar-refractivity contribution < 1.29 is 4.74 Å². The van der Waals surface area contributed by atoms with Crippen LogP contribution in [0.2, 0.25) is 0 Å². The summed E-state index contributed by atoms with van der Waals surface area (Å²) in [6.07, 6.45) is 8.90. The number of allylic oxidation sites excluding steroid dienone is 4. The molecule has 2 heterocycles. The lowest BCUT2D eigenvalue weighted by Crippen LogP contribution is -1.98. The summed E-state index contributed by atoms with van der Waals surface area (Å²) in [5.41, 5.74) is 1.49. The van der Waals surface area contributed by atoms with E-state index in [4.69, 9.17) is 4.74 Å². The van der Waals surface area contributed by atoms with Gasteiger partial charge in [-0.2, -0.15) is 0 Å². The molecule has 25 heavy (non-hydrogen) atoms. The average Bonchev–Trinajstić information content (AvgIpc) is 2.61. The summed E-state index contributed by atoms with van der Waals surface area (Å²) >= 11 is 0. The SMILES string of the molecule is C=C1/C=N\C(c2cc3ccccc3cn2)=C/C(C)N=C=C/C=C(\C)O1. The summed E-state index contributed by atoms with van der Waals surface area (Å²) in [6, 6.07) is 10.0. The molecule has 1 aromatic carbocycles. The third kappa shape index (κ3) is 4.40. The molecule has 1 aromatic heterocycles. The monoisotopic (exact) mass is 329 g/mol. The molecular formula is C21H19N3O. The van der Waals surface area contributed by atoms with Crippen LogP contribution in [0.5, 0.6) is 0 Å². The van der Waals surface area contributed by atoms with Gasteiger partial charge in [0.2, 0.25) is 0 Å². The van der Waals surface area contributed by atoms with Gasteiger partial charge in [-0.1, -0.05) is 30.8 Å². The van der Waals surface area contributed by atoms with E-state index in [0.717, 1.165) is 22.2 Å². The smallest absolute Gasteiger partial charge is 0.138 e. The van der Waals surface area contributed by atoms with Crippen LogP contribution in [-0.2, 0) is 4.74 Å². The lowest BCUT2D eigenvalue weighted by atomic mass is 10.1. The highest BCUT2D eigenvalue weighted by atomic mass is 16.5. The number of benzene rings is 1. The Bertz CT molecular complexity index is 960. The zero-order valence-corrected chi connectivity index (χ0v) is 14.3. The van der Waals surface area contributed by atoms with Crippen LogP contribution < -0.4 is 0 Å². The van der Waals surface area contributed by atoms with E-state index >= 15 is 0 Å². The van der Waals surface area contributed by atoms with Crippen LogP contribution in [0.3, 0.4) is 0 Å². The van der Waals surface area contributed by atoms with Crippen molar-refractivity contribution in [1.29, 1.82) is 0 Å². The molecule has 1 aliphatic heterocycles. The summed E-state index contributed by atoms with van der Waals surface area (Å²) in [5, 5.41) is 2.20. The van der Waals surface area contributed by atoms with Crippen LogP contribution in [0.15, 0.2) is 82.8 Å². The van der Waals surface area contributed by atoms with Gasteiger partial charge >= 0.3 is 0 Å². The number of aliphatic imine (C=N–C) groups is 2. The van der Waals surface area contributed by atoms with Crippen molar-refractivity contribution >= 4 is 28.6 Å². The van der Waals surface area contributed by atoms with Crippen LogP contribution in [0.25, 0.3) is 16.5 Å². The van der Waals surface area contributed by atoms with E-state index in [1.165, 1.54) is 0 Å². The van der Waals surface area contributed by atoms with Crippen molar-refractivity contribution in [3.05, 3.63) is 78.5 Å². The van der Waals surface area contributed by atoms with Gasteiger partial charge in [0, 0.05) is 17.7 Å². The maximum absolute atomic E-state index is 5.56. The fraction of sp³-hybridized carbons (Fsp3) is 0.143. The molecule has 4 nitrogen and oxygen atoms in total. The molecule has 0 aliphatic carbocycles. The van der Waals surface area contributed by atoms with Crippen molar-refractivity contribution in [3.63, 3.8) is 0 Å². The van der Waals surface area contributed by atoms with Gasteiger partial charge in [-0.3, -0.25) is 9.98 Å². The Morgan fingerprint density at radius 2 is 2.00 bits per heavy atom. The standard InChI is InChI=1S/C21H19N3O/c1-15-11-20(21-12-18-8-4-5-9-19(18)14-24-21)23-13-17(3)25-16(2)7-6-10-22-15/h4-9,11-15H,3H2,1-2H3/b16-7+,20-11-,23-13-. The molecule has 2 aromatic rings. The van der Waals surface area contributed by atoms with E-state index in [1.54, 1.807) is 18.4 Å². The zero-order chi connectivity index (χ0) is 17.6. The molecule has 0 spiro atoms. The number of rotatable bonds is 1. The Hall–Kier alpha value is -3.23. The maximum Gasteiger partial charge on any atom is 0.138 e. The Kier molecular flexibility index (Phi) is 5.03. The minimum atomic E-state index is -0.0843. The predicted octanol–water partition coefficient (Wildman–Crippen LogP) is 4.71. The molecule has 0 amide bonds. The fourth-order valence-corrected chi connectivity index (χ4v) is 2.41. The van der Waals surface area contributed by atoms with E-state index in [9.17, 15) is 0 Å². The molecule has 3 rings (SSSR count). The van der Waals surface area contributed by atoms with E-state index in [-0.39, 0.29) is 6.04 Å². The molecule has 1 aliphatic rings. The number of nitrogens with zero attached hydrogens (tertiary/aromatic N) is 3. The quantitative estimate of drug-likeness (QED) is 0.761. The number of fused-ring (bicyclic) bond motifs is 1. The second kappa shape index (κ2) is 7.56. The maximum atomic E-state index is 5.56. The Morgan fingerprint density at radius 3 is 2.84 bits per heavy atom. The van der Waals surface area contributed by atoms with Crippen LogP contribution >= 0.6 is 0 Å². The highest BCUT2D eigenvalue weighted by Gasteiger charge is 2.06. The topological polar surface area (TPSA) is 46.8 Å². The molecule has 0 bridgehead atoms. The van der Waals surface area contributed by atoms with Gasteiger partial charge in [0.15, 0.2) is 0 Å². The zero-order valence-electron chi connectivity index (χ0n) is 14.3. The third-order valence-electron chi connectivity index (χ3n) is 3.60. The van der Waals surface area contributed by atoms with E-state index < -0.39 is 0 Å². The van der Waals surface area contributed by atoms with Crippen LogP contribution in [-0.4, -0.2) is 23.1 Å². The van der Waals surface area contributed by atoms with Gasteiger partial charge in [-0.25, -0.2) is 4.99 Å². The van der Waals surface area contributed by atoms with Gasteiger partial charge in [0.25, 0.3) is 0 Å². The minimum Gasteiger partial charge on any atom is -0.461 e. The number of hydrogen-bond acceptors (Lipinski definition) is 4. The first-order valence-corrected chi connectivity index (χ1v) is 8.05. The van der Waals surface area contributed by atoms with E-state index in [2.05, 4.69) is 33.5 Å². The number of pyridine rings is 1. The number of aromatic nitrogens is 1. The molecule has 4 heteroatoms. The highest BCUT2D eigenvalue weighted by Crippen LogP contribution is 2.21. The molecule has 1 unspecified atom stereocenters. The summed E-state index contributed by atoms with van der Waals surface area (Å²) in [6.45, 7) is 7.69. The van der Waals surface area contributed by atoms with Gasteiger partial charge in [-0.15, -0.1) is 0 Å². The summed E-state index contributed by atoms with van der Waals surface area (Å²) in [7, 11) is 0. The first-order valence-electron chi connectivity index (χ1n) is 8.05. The second-order valence-electron chi connectivity index (χ2n) is 5.74. The normalized spacial score (nSPS) is 23.6. The summed E-state index contributed by atoms with van der Waals surface area (Å²) < 4.78 is 5.56. The van der Waals surface area contributed by atoms with Crippen molar-refractivity contribution in [2.75, 3.05) is 0 Å². The molecule has 0 saturated carbocycles. The molecule has 124 valence electrons. The van der Waals surface area contributed by atoms with Crippen LogP contribution in [0, 0.1) is 0 Å². The van der Waals surface area contributed by atoms with E-state index in [1.807, 2.05) is 50.4 Å². The largest absolute Gasteiger partial charge is 0.461 e. The third-order valence-corrected chi connectivity index (χ3v) is 3.60. The van der Waals surface area contributed by atoms with Crippen LogP contribution in [0.1, 0.15) is 19.5 Å².